The van der Waals surface area contributed by atoms with Crippen LogP contribution in [0.3, 0.4) is 0 Å². The van der Waals surface area contributed by atoms with E-state index in [9.17, 15) is 4.79 Å². The predicted octanol–water partition coefficient (Wildman–Crippen LogP) is 4.18. The monoisotopic (exact) mass is 288 g/mol. The van der Waals surface area contributed by atoms with Crippen LogP contribution in [-0.2, 0) is 6.42 Å². The molecule has 2 aromatic rings. The molecule has 0 atom stereocenters. The van der Waals surface area contributed by atoms with Crippen molar-refractivity contribution in [1.29, 1.82) is 0 Å². The molecule has 0 spiro atoms. The third-order valence-electron chi connectivity index (χ3n) is 2.71. The van der Waals surface area contributed by atoms with Gasteiger partial charge in [0, 0.05) is 16.5 Å². The second-order valence-corrected chi connectivity index (χ2v) is 4.96. The van der Waals surface area contributed by atoms with Gasteiger partial charge in [-0.25, -0.2) is 0 Å². The van der Waals surface area contributed by atoms with E-state index in [0.717, 1.165) is 21.2 Å². The lowest BCUT2D eigenvalue weighted by Crippen LogP contribution is -2.05. The van der Waals surface area contributed by atoms with Gasteiger partial charge < -0.3 is 0 Å². The van der Waals surface area contributed by atoms with Crippen LogP contribution in [0.25, 0.3) is 0 Å². The van der Waals surface area contributed by atoms with Gasteiger partial charge >= 0.3 is 0 Å². The summed E-state index contributed by atoms with van der Waals surface area (Å²) in [7, 11) is 0. The largest absolute Gasteiger partial charge is 0.294 e. The third kappa shape index (κ3) is 3.04. The van der Waals surface area contributed by atoms with E-state index in [0.29, 0.717) is 6.42 Å². The highest BCUT2D eigenvalue weighted by molar-refractivity contribution is 9.10. The molecule has 2 heteroatoms. The molecule has 0 aromatic heterocycles. The average molecular weight is 289 g/mol. The molecule has 0 aliphatic heterocycles. The van der Waals surface area contributed by atoms with Crippen molar-refractivity contribution in [3.8, 4) is 0 Å². The summed E-state index contributed by atoms with van der Waals surface area (Å²) in [5.74, 6) is 0.162. The van der Waals surface area contributed by atoms with Crippen molar-refractivity contribution in [2.45, 2.75) is 13.3 Å². The van der Waals surface area contributed by atoms with Crippen molar-refractivity contribution in [3.63, 3.8) is 0 Å². The van der Waals surface area contributed by atoms with Gasteiger partial charge in [-0.2, -0.15) is 0 Å². The molecule has 0 N–H and O–H groups in total. The van der Waals surface area contributed by atoms with Crippen LogP contribution in [0.5, 0.6) is 0 Å². The highest BCUT2D eigenvalue weighted by Crippen LogP contribution is 2.18. The molecule has 0 aliphatic carbocycles. The zero-order valence-electron chi connectivity index (χ0n) is 9.61. The van der Waals surface area contributed by atoms with Gasteiger partial charge in [-0.15, -0.1) is 0 Å². The topological polar surface area (TPSA) is 17.1 Å². The Morgan fingerprint density at radius 2 is 1.82 bits per heavy atom. The summed E-state index contributed by atoms with van der Waals surface area (Å²) in [6, 6.07) is 15.6. The standard InChI is InChI=1S/C15H13BrO/c1-11-7-8-13(16)10-14(11)15(17)9-12-5-3-2-4-6-12/h2-8,10H,9H2,1H3. The molecule has 0 unspecified atom stereocenters. The fourth-order valence-electron chi connectivity index (χ4n) is 1.77. The van der Waals surface area contributed by atoms with Gasteiger partial charge in [-0.1, -0.05) is 52.3 Å². The molecule has 0 bridgehead atoms. The van der Waals surface area contributed by atoms with Crippen molar-refractivity contribution >= 4 is 21.7 Å². The van der Waals surface area contributed by atoms with Gasteiger partial charge in [0.25, 0.3) is 0 Å². The van der Waals surface area contributed by atoms with Crippen LogP contribution in [0.15, 0.2) is 53.0 Å². The predicted molar refractivity (Wildman–Crippen MR) is 73.4 cm³/mol. The molecule has 0 radical (unpaired) electrons. The van der Waals surface area contributed by atoms with Gasteiger partial charge in [-0.05, 0) is 30.2 Å². The zero-order chi connectivity index (χ0) is 12.3. The van der Waals surface area contributed by atoms with E-state index in [4.69, 9.17) is 0 Å². The first kappa shape index (κ1) is 12.1. The van der Waals surface area contributed by atoms with E-state index >= 15 is 0 Å². The first-order valence-corrected chi connectivity index (χ1v) is 6.29. The van der Waals surface area contributed by atoms with E-state index < -0.39 is 0 Å². The minimum absolute atomic E-state index is 0.162. The Morgan fingerprint density at radius 1 is 1.12 bits per heavy atom. The summed E-state index contributed by atoms with van der Waals surface area (Å²) in [4.78, 5) is 12.2. The Labute approximate surface area is 110 Å². The zero-order valence-corrected chi connectivity index (χ0v) is 11.2. The molecular formula is C15H13BrO. The lowest BCUT2D eigenvalue weighted by molar-refractivity contribution is 0.0992. The summed E-state index contributed by atoms with van der Waals surface area (Å²) in [5.41, 5.74) is 2.87. The number of hydrogen-bond donors (Lipinski definition) is 0. The second-order valence-electron chi connectivity index (χ2n) is 4.04. The molecule has 0 aliphatic rings. The van der Waals surface area contributed by atoms with Crippen molar-refractivity contribution < 1.29 is 4.79 Å². The number of Topliss-reactive ketones (excluding diaryl/α,β-unsaturated/α-hetero) is 1. The van der Waals surface area contributed by atoms with Crippen molar-refractivity contribution in [2.24, 2.45) is 0 Å². The summed E-state index contributed by atoms with van der Waals surface area (Å²) in [6.07, 6.45) is 0.456. The van der Waals surface area contributed by atoms with Crippen LogP contribution in [0.2, 0.25) is 0 Å². The fourth-order valence-corrected chi connectivity index (χ4v) is 2.13. The van der Waals surface area contributed by atoms with Gasteiger partial charge in [0.15, 0.2) is 5.78 Å². The Morgan fingerprint density at radius 3 is 2.53 bits per heavy atom. The summed E-state index contributed by atoms with van der Waals surface area (Å²) >= 11 is 3.40. The number of carbonyl (C=O) groups is 1. The normalized spacial score (nSPS) is 10.2. The lowest BCUT2D eigenvalue weighted by Gasteiger charge is -2.05. The molecule has 0 saturated carbocycles. The molecular weight excluding hydrogens is 276 g/mol. The van der Waals surface area contributed by atoms with Crippen LogP contribution >= 0.6 is 15.9 Å². The van der Waals surface area contributed by atoms with Crippen LogP contribution < -0.4 is 0 Å². The minimum atomic E-state index is 0.162. The Kier molecular flexibility index (Phi) is 3.75. The molecule has 0 fully saturated rings. The first-order valence-electron chi connectivity index (χ1n) is 5.50. The molecule has 1 nitrogen and oxygen atoms in total. The highest BCUT2D eigenvalue weighted by Gasteiger charge is 2.10. The molecule has 0 saturated heterocycles. The van der Waals surface area contributed by atoms with Crippen molar-refractivity contribution in [2.75, 3.05) is 0 Å². The number of hydrogen-bond acceptors (Lipinski definition) is 1. The van der Waals surface area contributed by atoms with E-state index in [1.807, 2.05) is 55.5 Å². The van der Waals surface area contributed by atoms with E-state index in [2.05, 4.69) is 15.9 Å². The maximum Gasteiger partial charge on any atom is 0.167 e. The third-order valence-corrected chi connectivity index (χ3v) is 3.20. The smallest absolute Gasteiger partial charge is 0.167 e. The Hall–Kier alpha value is -1.41. The summed E-state index contributed by atoms with van der Waals surface area (Å²) in [5, 5.41) is 0. The Bertz CT molecular complexity index is 532. The second kappa shape index (κ2) is 5.28. The molecule has 0 heterocycles. The van der Waals surface area contributed by atoms with Gasteiger partial charge in [-0.3, -0.25) is 4.79 Å². The van der Waals surface area contributed by atoms with Gasteiger partial charge in [0.1, 0.15) is 0 Å². The number of ketones is 1. The van der Waals surface area contributed by atoms with Crippen LogP contribution in [-0.4, -0.2) is 5.78 Å². The Balaban J connectivity index is 2.23. The quantitative estimate of drug-likeness (QED) is 0.775. The summed E-state index contributed by atoms with van der Waals surface area (Å²) < 4.78 is 0.944. The molecule has 2 aromatic carbocycles. The lowest BCUT2D eigenvalue weighted by atomic mass is 9.99. The number of halogens is 1. The SMILES string of the molecule is Cc1ccc(Br)cc1C(=O)Cc1ccccc1. The van der Waals surface area contributed by atoms with Crippen LogP contribution in [0, 0.1) is 6.92 Å². The maximum atomic E-state index is 12.2. The number of rotatable bonds is 3. The number of aryl methyl sites for hydroxylation is 1. The van der Waals surface area contributed by atoms with Gasteiger partial charge in [0.2, 0.25) is 0 Å². The molecule has 0 amide bonds. The van der Waals surface area contributed by atoms with Crippen molar-refractivity contribution in [1.82, 2.24) is 0 Å². The van der Waals surface area contributed by atoms with Gasteiger partial charge in [0.05, 0.1) is 0 Å². The number of carbonyl (C=O) groups excluding carboxylic acids is 1. The molecule has 2 rings (SSSR count). The average Bonchev–Trinajstić information content (AvgIpc) is 2.33. The first-order chi connectivity index (χ1) is 8.16. The minimum Gasteiger partial charge on any atom is -0.294 e. The van der Waals surface area contributed by atoms with E-state index in [1.165, 1.54) is 0 Å². The summed E-state index contributed by atoms with van der Waals surface area (Å²) in [6.45, 7) is 1.96. The number of benzene rings is 2. The van der Waals surface area contributed by atoms with Crippen molar-refractivity contribution in [3.05, 3.63) is 69.7 Å². The fraction of sp³-hybridized carbons (Fsp3) is 0.133. The molecule has 17 heavy (non-hydrogen) atoms. The molecule has 86 valence electrons. The maximum absolute atomic E-state index is 12.2. The highest BCUT2D eigenvalue weighted by atomic mass is 79.9. The van der Waals surface area contributed by atoms with Crippen LogP contribution in [0.1, 0.15) is 21.5 Å². The van der Waals surface area contributed by atoms with E-state index in [1.54, 1.807) is 0 Å². The van der Waals surface area contributed by atoms with E-state index in [-0.39, 0.29) is 5.78 Å². The van der Waals surface area contributed by atoms with Crippen LogP contribution in [0.4, 0.5) is 0 Å².